The van der Waals surface area contributed by atoms with E-state index in [1.165, 1.54) is 19.3 Å². The van der Waals surface area contributed by atoms with Gasteiger partial charge in [-0.3, -0.25) is 9.69 Å². The van der Waals surface area contributed by atoms with Crippen molar-refractivity contribution in [3.63, 3.8) is 0 Å². The standard InChI is InChI=1S/C12H21NO/c1-3-4-8-13-9-6-5-7-12(13)10-11(2)14/h3,12H,1,4-10H2,2H3. The van der Waals surface area contributed by atoms with E-state index < -0.39 is 0 Å². The fraction of sp³-hybridized carbons (Fsp3) is 0.750. The Labute approximate surface area is 87.0 Å². The van der Waals surface area contributed by atoms with Gasteiger partial charge in [0, 0.05) is 19.0 Å². The first kappa shape index (κ1) is 11.4. The van der Waals surface area contributed by atoms with E-state index in [2.05, 4.69) is 11.5 Å². The van der Waals surface area contributed by atoms with Crippen LogP contribution in [0.15, 0.2) is 12.7 Å². The number of carbonyl (C=O) groups excluding carboxylic acids is 1. The second kappa shape index (κ2) is 5.97. The van der Waals surface area contributed by atoms with Gasteiger partial charge in [-0.05, 0) is 32.7 Å². The van der Waals surface area contributed by atoms with Crippen LogP contribution in [-0.4, -0.2) is 29.8 Å². The van der Waals surface area contributed by atoms with Gasteiger partial charge in [0.25, 0.3) is 0 Å². The third-order valence-electron chi connectivity index (χ3n) is 2.89. The molecule has 1 heterocycles. The van der Waals surface area contributed by atoms with Crippen LogP contribution in [0.3, 0.4) is 0 Å². The minimum Gasteiger partial charge on any atom is -0.300 e. The summed E-state index contributed by atoms with van der Waals surface area (Å²) in [5, 5.41) is 0. The highest BCUT2D eigenvalue weighted by Gasteiger charge is 2.22. The number of ketones is 1. The smallest absolute Gasteiger partial charge is 0.131 e. The average molecular weight is 195 g/mol. The van der Waals surface area contributed by atoms with Crippen LogP contribution >= 0.6 is 0 Å². The Balaban J connectivity index is 2.41. The third-order valence-corrected chi connectivity index (χ3v) is 2.89. The van der Waals surface area contributed by atoms with Crippen LogP contribution in [0.4, 0.5) is 0 Å². The molecule has 0 amide bonds. The summed E-state index contributed by atoms with van der Waals surface area (Å²) in [7, 11) is 0. The number of carbonyl (C=O) groups is 1. The minimum absolute atomic E-state index is 0.320. The molecule has 2 nitrogen and oxygen atoms in total. The van der Waals surface area contributed by atoms with Gasteiger partial charge in [-0.25, -0.2) is 0 Å². The van der Waals surface area contributed by atoms with E-state index in [9.17, 15) is 4.79 Å². The molecule has 0 saturated carbocycles. The third kappa shape index (κ3) is 3.62. The number of hydrogen-bond donors (Lipinski definition) is 0. The molecule has 0 aliphatic carbocycles. The van der Waals surface area contributed by atoms with E-state index in [0.29, 0.717) is 11.8 Å². The van der Waals surface area contributed by atoms with Crippen molar-refractivity contribution in [3.05, 3.63) is 12.7 Å². The normalized spacial score (nSPS) is 23.4. The molecule has 1 saturated heterocycles. The molecule has 1 rings (SSSR count). The maximum absolute atomic E-state index is 11.1. The molecule has 0 spiro atoms. The summed E-state index contributed by atoms with van der Waals surface area (Å²) in [5.74, 6) is 0.320. The Bertz CT molecular complexity index is 200. The van der Waals surface area contributed by atoms with Crippen molar-refractivity contribution in [2.24, 2.45) is 0 Å². The molecule has 1 fully saturated rings. The maximum Gasteiger partial charge on any atom is 0.131 e. The number of rotatable bonds is 5. The van der Waals surface area contributed by atoms with Gasteiger partial charge < -0.3 is 0 Å². The fourth-order valence-electron chi connectivity index (χ4n) is 2.17. The largest absolute Gasteiger partial charge is 0.300 e. The van der Waals surface area contributed by atoms with Crippen LogP contribution in [0.5, 0.6) is 0 Å². The van der Waals surface area contributed by atoms with Crippen LogP contribution < -0.4 is 0 Å². The van der Waals surface area contributed by atoms with Crippen LogP contribution in [0.1, 0.15) is 39.0 Å². The quantitative estimate of drug-likeness (QED) is 0.628. The molecule has 1 unspecified atom stereocenters. The van der Waals surface area contributed by atoms with Gasteiger partial charge in [0.2, 0.25) is 0 Å². The van der Waals surface area contributed by atoms with Crippen molar-refractivity contribution in [2.75, 3.05) is 13.1 Å². The molecular weight excluding hydrogens is 174 g/mol. The van der Waals surface area contributed by atoms with Crippen LogP contribution in [0.2, 0.25) is 0 Å². The lowest BCUT2D eigenvalue weighted by Gasteiger charge is -2.35. The zero-order valence-electron chi connectivity index (χ0n) is 9.17. The van der Waals surface area contributed by atoms with Crippen molar-refractivity contribution in [3.8, 4) is 0 Å². The summed E-state index contributed by atoms with van der Waals surface area (Å²) >= 11 is 0. The van der Waals surface area contributed by atoms with Gasteiger partial charge in [-0.15, -0.1) is 6.58 Å². The van der Waals surface area contributed by atoms with Crippen molar-refractivity contribution in [1.29, 1.82) is 0 Å². The van der Waals surface area contributed by atoms with Gasteiger partial charge in [0.15, 0.2) is 0 Å². The predicted octanol–water partition coefficient (Wildman–Crippen LogP) is 2.40. The van der Waals surface area contributed by atoms with Crippen LogP contribution in [0.25, 0.3) is 0 Å². The van der Waals surface area contributed by atoms with Gasteiger partial charge in [0.05, 0.1) is 0 Å². The second-order valence-corrected chi connectivity index (χ2v) is 4.17. The topological polar surface area (TPSA) is 20.3 Å². The van der Waals surface area contributed by atoms with Gasteiger partial charge in [-0.2, -0.15) is 0 Å². The molecular formula is C12H21NO. The first-order valence-electron chi connectivity index (χ1n) is 5.58. The number of Topliss-reactive ketones (excluding diaryl/α,β-unsaturated/α-hetero) is 1. The number of likely N-dealkylation sites (tertiary alicyclic amines) is 1. The lowest BCUT2D eigenvalue weighted by Crippen LogP contribution is -2.40. The minimum atomic E-state index is 0.320. The maximum atomic E-state index is 11.1. The molecule has 0 bridgehead atoms. The highest BCUT2D eigenvalue weighted by molar-refractivity contribution is 5.76. The van der Waals surface area contributed by atoms with Gasteiger partial charge >= 0.3 is 0 Å². The Morgan fingerprint density at radius 3 is 3.00 bits per heavy atom. The first-order chi connectivity index (χ1) is 6.74. The SMILES string of the molecule is C=CCCN1CCCCC1CC(C)=O. The van der Waals surface area contributed by atoms with E-state index in [1.807, 2.05) is 6.08 Å². The monoisotopic (exact) mass is 195 g/mol. The summed E-state index contributed by atoms with van der Waals surface area (Å²) in [6, 6.07) is 0.501. The summed E-state index contributed by atoms with van der Waals surface area (Å²) in [6.45, 7) is 7.66. The van der Waals surface area contributed by atoms with E-state index in [-0.39, 0.29) is 0 Å². The van der Waals surface area contributed by atoms with Gasteiger partial charge in [0.1, 0.15) is 5.78 Å². The number of piperidine rings is 1. The van der Waals surface area contributed by atoms with Crippen molar-refractivity contribution in [2.45, 2.75) is 45.1 Å². The Kier molecular flexibility index (Phi) is 4.88. The molecule has 0 aromatic heterocycles. The van der Waals surface area contributed by atoms with E-state index in [0.717, 1.165) is 25.9 Å². The van der Waals surface area contributed by atoms with E-state index in [1.54, 1.807) is 6.92 Å². The zero-order valence-corrected chi connectivity index (χ0v) is 9.17. The molecule has 0 aromatic carbocycles. The predicted molar refractivity (Wildman–Crippen MR) is 59.3 cm³/mol. The molecule has 80 valence electrons. The highest BCUT2D eigenvalue weighted by Crippen LogP contribution is 2.19. The fourth-order valence-corrected chi connectivity index (χ4v) is 2.17. The zero-order chi connectivity index (χ0) is 10.4. The molecule has 1 aliphatic heterocycles. The van der Waals surface area contributed by atoms with Crippen LogP contribution in [-0.2, 0) is 4.79 Å². The van der Waals surface area contributed by atoms with E-state index in [4.69, 9.17) is 0 Å². The average Bonchev–Trinajstić information content (AvgIpc) is 2.16. The molecule has 1 aliphatic rings. The molecule has 1 atom stereocenters. The summed E-state index contributed by atoms with van der Waals surface area (Å²) in [5.41, 5.74) is 0. The highest BCUT2D eigenvalue weighted by atomic mass is 16.1. The van der Waals surface area contributed by atoms with Crippen LogP contribution in [0, 0.1) is 0 Å². The number of hydrogen-bond acceptors (Lipinski definition) is 2. The Morgan fingerprint density at radius 2 is 2.36 bits per heavy atom. The molecule has 0 aromatic rings. The number of nitrogens with zero attached hydrogens (tertiary/aromatic N) is 1. The molecule has 0 N–H and O–H groups in total. The Morgan fingerprint density at radius 1 is 1.57 bits per heavy atom. The molecule has 2 heteroatoms. The summed E-state index contributed by atoms with van der Waals surface area (Å²) < 4.78 is 0. The van der Waals surface area contributed by atoms with Crippen molar-refractivity contribution < 1.29 is 4.79 Å². The first-order valence-corrected chi connectivity index (χ1v) is 5.58. The summed E-state index contributed by atoms with van der Waals surface area (Å²) in [4.78, 5) is 13.5. The summed E-state index contributed by atoms with van der Waals surface area (Å²) in [6.07, 6.45) is 7.48. The van der Waals surface area contributed by atoms with Crippen molar-refractivity contribution in [1.82, 2.24) is 4.90 Å². The van der Waals surface area contributed by atoms with E-state index >= 15 is 0 Å². The lowest BCUT2D eigenvalue weighted by molar-refractivity contribution is -0.118. The van der Waals surface area contributed by atoms with Crippen molar-refractivity contribution >= 4 is 5.78 Å². The molecule has 0 radical (unpaired) electrons. The van der Waals surface area contributed by atoms with Gasteiger partial charge in [-0.1, -0.05) is 12.5 Å². The Hall–Kier alpha value is -0.630. The second-order valence-electron chi connectivity index (χ2n) is 4.17. The molecule has 14 heavy (non-hydrogen) atoms. The lowest BCUT2D eigenvalue weighted by atomic mass is 9.97.